The first kappa shape index (κ1) is 22.7. The maximum absolute atomic E-state index is 12.6. The van der Waals surface area contributed by atoms with Crippen LogP contribution in [0.2, 0.25) is 0 Å². The number of amides is 1. The Morgan fingerprint density at radius 2 is 1.83 bits per heavy atom. The molecular weight excluding hydrogens is 388 g/mol. The molecule has 0 aliphatic heterocycles. The number of H-pyrrole nitrogens is 1. The van der Waals surface area contributed by atoms with Crippen LogP contribution in [0.3, 0.4) is 0 Å². The van der Waals surface area contributed by atoms with Gasteiger partial charge in [0.25, 0.3) is 5.91 Å². The maximum Gasteiger partial charge on any atom is 0.329 e. The molecule has 0 fully saturated rings. The van der Waals surface area contributed by atoms with Gasteiger partial charge in [0.2, 0.25) is 5.78 Å². The van der Waals surface area contributed by atoms with Crippen molar-refractivity contribution in [1.29, 1.82) is 0 Å². The number of thioether (sulfide) groups is 1. The Morgan fingerprint density at radius 1 is 1.14 bits per heavy atom. The van der Waals surface area contributed by atoms with Crippen molar-refractivity contribution in [3.05, 3.63) is 59.4 Å². The molecule has 6 nitrogen and oxygen atoms in total. The summed E-state index contributed by atoms with van der Waals surface area (Å²) in [5.41, 5.74) is 1.96. The number of hydrogen-bond acceptors (Lipinski definition) is 5. The minimum atomic E-state index is -0.811. The number of aromatic amines is 1. The lowest BCUT2D eigenvalue weighted by atomic mass is 9.86. The Labute approximate surface area is 175 Å². The summed E-state index contributed by atoms with van der Waals surface area (Å²) in [4.78, 5) is 39.9. The fourth-order valence-corrected chi connectivity index (χ4v) is 3.14. The average molecular weight is 417 g/mol. The normalized spacial score (nSPS) is 12.3. The van der Waals surface area contributed by atoms with Crippen molar-refractivity contribution in [2.24, 2.45) is 0 Å². The van der Waals surface area contributed by atoms with Gasteiger partial charge in [-0.1, -0.05) is 32.9 Å². The predicted molar refractivity (Wildman–Crippen MR) is 115 cm³/mol. The second-order valence-electron chi connectivity index (χ2n) is 7.75. The smallest absolute Gasteiger partial charge is 0.329 e. The zero-order chi connectivity index (χ0) is 21.4. The van der Waals surface area contributed by atoms with Gasteiger partial charge in [-0.15, -0.1) is 0 Å². The molecule has 0 aliphatic carbocycles. The third kappa shape index (κ3) is 6.78. The van der Waals surface area contributed by atoms with E-state index in [-0.39, 0.29) is 23.7 Å². The van der Waals surface area contributed by atoms with Crippen molar-refractivity contribution >= 4 is 29.4 Å². The molecule has 1 amide bonds. The SMILES string of the molecule is CSCC[C@H](NC(=O)c1ccc(C(C)(C)C)cc1)C(=O)OCC(=O)c1ccc[nH]1. The fourth-order valence-electron chi connectivity index (χ4n) is 2.67. The van der Waals surface area contributed by atoms with Crippen LogP contribution in [0.5, 0.6) is 0 Å². The molecule has 0 spiro atoms. The lowest BCUT2D eigenvalue weighted by Gasteiger charge is -2.20. The van der Waals surface area contributed by atoms with Gasteiger partial charge in [-0.3, -0.25) is 9.59 Å². The fraction of sp³-hybridized carbons (Fsp3) is 0.409. The number of hydrogen-bond donors (Lipinski definition) is 2. The highest BCUT2D eigenvalue weighted by molar-refractivity contribution is 7.98. The van der Waals surface area contributed by atoms with Crippen LogP contribution in [-0.2, 0) is 14.9 Å². The number of ketones is 1. The number of ether oxygens (including phenoxy) is 1. The molecular formula is C22H28N2O4S. The van der Waals surface area contributed by atoms with E-state index in [1.54, 1.807) is 42.2 Å². The van der Waals surface area contributed by atoms with Crippen molar-refractivity contribution in [2.75, 3.05) is 18.6 Å². The van der Waals surface area contributed by atoms with Crippen molar-refractivity contribution in [3.8, 4) is 0 Å². The van der Waals surface area contributed by atoms with E-state index in [4.69, 9.17) is 4.74 Å². The zero-order valence-electron chi connectivity index (χ0n) is 17.3. The number of carbonyl (C=O) groups is 3. The zero-order valence-corrected chi connectivity index (χ0v) is 18.1. The monoisotopic (exact) mass is 416 g/mol. The third-order valence-corrected chi connectivity index (χ3v) is 5.10. The molecule has 156 valence electrons. The number of rotatable bonds is 9. The molecule has 0 saturated heterocycles. The second kappa shape index (κ2) is 10.3. The largest absolute Gasteiger partial charge is 0.456 e. The summed E-state index contributed by atoms with van der Waals surface area (Å²) < 4.78 is 5.15. The summed E-state index contributed by atoms with van der Waals surface area (Å²) in [7, 11) is 0. The van der Waals surface area contributed by atoms with E-state index in [9.17, 15) is 14.4 Å². The molecule has 1 aromatic heterocycles. The maximum atomic E-state index is 12.6. The van der Waals surface area contributed by atoms with E-state index < -0.39 is 12.0 Å². The summed E-state index contributed by atoms with van der Waals surface area (Å²) in [6.45, 7) is 5.94. The van der Waals surface area contributed by atoms with Crippen LogP contribution in [0, 0.1) is 0 Å². The van der Waals surface area contributed by atoms with Crippen LogP contribution in [0.15, 0.2) is 42.6 Å². The molecule has 1 aromatic carbocycles. The Kier molecular flexibility index (Phi) is 8.08. The van der Waals surface area contributed by atoms with Crippen LogP contribution >= 0.6 is 11.8 Å². The molecule has 1 atom stereocenters. The lowest BCUT2D eigenvalue weighted by molar-refractivity contribution is -0.144. The number of Topliss-reactive ketones (excluding diaryl/α,β-unsaturated/α-hetero) is 1. The third-order valence-electron chi connectivity index (χ3n) is 4.46. The minimum absolute atomic E-state index is 0.00856. The van der Waals surface area contributed by atoms with Crippen LogP contribution < -0.4 is 5.32 Å². The number of carbonyl (C=O) groups excluding carboxylic acids is 3. The molecule has 2 N–H and O–H groups in total. The van der Waals surface area contributed by atoms with Gasteiger partial charge < -0.3 is 15.0 Å². The molecule has 2 rings (SSSR count). The lowest BCUT2D eigenvalue weighted by Crippen LogP contribution is -2.42. The second-order valence-corrected chi connectivity index (χ2v) is 8.74. The molecule has 29 heavy (non-hydrogen) atoms. The van der Waals surface area contributed by atoms with Crippen molar-refractivity contribution in [3.63, 3.8) is 0 Å². The van der Waals surface area contributed by atoms with Crippen LogP contribution in [0.25, 0.3) is 0 Å². The van der Waals surface area contributed by atoms with Crippen molar-refractivity contribution in [1.82, 2.24) is 10.3 Å². The number of aromatic nitrogens is 1. The first-order chi connectivity index (χ1) is 13.7. The first-order valence-corrected chi connectivity index (χ1v) is 10.9. The van der Waals surface area contributed by atoms with Gasteiger partial charge in [-0.25, -0.2) is 4.79 Å². The van der Waals surface area contributed by atoms with E-state index in [0.717, 1.165) is 5.56 Å². The molecule has 1 heterocycles. The van der Waals surface area contributed by atoms with E-state index >= 15 is 0 Å². The molecule has 0 bridgehead atoms. The number of benzene rings is 1. The average Bonchev–Trinajstić information content (AvgIpc) is 3.23. The van der Waals surface area contributed by atoms with E-state index in [1.807, 2.05) is 18.4 Å². The van der Waals surface area contributed by atoms with Gasteiger partial charge in [-0.2, -0.15) is 11.8 Å². The molecule has 0 unspecified atom stereocenters. The Balaban J connectivity index is 2.00. The summed E-state index contributed by atoms with van der Waals surface area (Å²) >= 11 is 1.57. The summed E-state index contributed by atoms with van der Waals surface area (Å²) in [6.07, 6.45) is 3.97. The van der Waals surface area contributed by atoms with Crippen LogP contribution in [0.1, 0.15) is 53.6 Å². The van der Waals surface area contributed by atoms with Gasteiger partial charge in [0.05, 0.1) is 5.69 Å². The van der Waals surface area contributed by atoms with Gasteiger partial charge in [0, 0.05) is 11.8 Å². The molecule has 2 aromatic rings. The standard InChI is InChI=1S/C22H28N2O4S/c1-22(2,3)16-9-7-15(8-10-16)20(26)24-18(11-13-29-4)21(27)28-14-19(25)17-6-5-12-23-17/h5-10,12,18,23H,11,13-14H2,1-4H3,(H,24,26)/t18-/m0/s1. The van der Waals surface area contributed by atoms with Crippen LogP contribution in [0.4, 0.5) is 0 Å². The minimum Gasteiger partial charge on any atom is -0.456 e. The molecule has 0 saturated carbocycles. The highest BCUT2D eigenvalue weighted by Crippen LogP contribution is 2.22. The van der Waals surface area contributed by atoms with E-state index in [1.165, 1.54) is 0 Å². The van der Waals surface area contributed by atoms with E-state index in [0.29, 0.717) is 23.4 Å². The number of esters is 1. The highest BCUT2D eigenvalue weighted by Gasteiger charge is 2.24. The van der Waals surface area contributed by atoms with Gasteiger partial charge in [0.1, 0.15) is 6.04 Å². The Morgan fingerprint density at radius 3 is 2.38 bits per heavy atom. The highest BCUT2D eigenvalue weighted by atomic mass is 32.2. The molecule has 7 heteroatoms. The van der Waals surface area contributed by atoms with Gasteiger partial charge in [0.15, 0.2) is 6.61 Å². The van der Waals surface area contributed by atoms with Crippen molar-refractivity contribution in [2.45, 2.75) is 38.6 Å². The molecule has 0 aliphatic rings. The number of nitrogens with one attached hydrogen (secondary N) is 2. The van der Waals surface area contributed by atoms with Crippen molar-refractivity contribution < 1.29 is 19.1 Å². The van der Waals surface area contributed by atoms with Gasteiger partial charge >= 0.3 is 5.97 Å². The summed E-state index contributed by atoms with van der Waals surface area (Å²) in [6, 6.07) is 9.83. The van der Waals surface area contributed by atoms with Gasteiger partial charge in [-0.05, 0) is 53.7 Å². The Bertz CT molecular complexity index is 823. The predicted octanol–water partition coefficient (Wildman–Crippen LogP) is 3.59. The first-order valence-electron chi connectivity index (χ1n) is 9.46. The van der Waals surface area contributed by atoms with Crippen LogP contribution in [-0.4, -0.2) is 47.3 Å². The molecule has 0 radical (unpaired) electrons. The van der Waals surface area contributed by atoms with E-state index in [2.05, 4.69) is 31.1 Å². The summed E-state index contributed by atoms with van der Waals surface area (Å²) in [5.74, 6) is -0.605. The topological polar surface area (TPSA) is 88.3 Å². The Hall–Kier alpha value is -2.54. The quantitative estimate of drug-likeness (QED) is 0.482. The summed E-state index contributed by atoms with van der Waals surface area (Å²) in [5, 5.41) is 2.74.